The minimum Gasteiger partial charge on any atom is -0.332 e. The number of rotatable bonds is 4. The van der Waals surface area contributed by atoms with Crippen LogP contribution in [0.5, 0.6) is 0 Å². The maximum atomic E-state index is 11.6. The fourth-order valence-electron chi connectivity index (χ4n) is 1.58. The molecule has 15 heavy (non-hydrogen) atoms. The third-order valence-corrected chi connectivity index (χ3v) is 3.06. The summed E-state index contributed by atoms with van der Waals surface area (Å²) in [6, 6.07) is 0. The molecule has 0 N–H and O–H groups in total. The van der Waals surface area contributed by atoms with Gasteiger partial charge in [-0.25, -0.2) is 0 Å². The van der Waals surface area contributed by atoms with Crippen LogP contribution in [0.15, 0.2) is 0 Å². The first kappa shape index (κ1) is 12.3. The zero-order valence-electron chi connectivity index (χ0n) is 9.20. The molecule has 0 aromatic heterocycles. The molecule has 1 aliphatic heterocycles. The molecule has 0 radical (unpaired) electrons. The monoisotopic (exact) mass is 232 g/mol. The largest absolute Gasteiger partial charge is 0.332 e. The summed E-state index contributed by atoms with van der Waals surface area (Å²) >= 11 is 5.68. The van der Waals surface area contributed by atoms with Gasteiger partial charge in [0.15, 0.2) is 0 Å². The number of likely N-dealkylation sites (N-methyl/N-ethyl adjacent to an activating group) is 1. The van der Waals surface area contributed by atoms with Crippen LogP contribution in [0, 0.1) is 5.92 Å². The summed E-state index contributed by atoms with van der Waals surface area (Å²) < 4.78 is 0. The number of carbonyl (C=O) groups is 2. The number of amides is 2. The zero-order chi connectivity index (χ0) is 11.4. The van der Waals surface area contributed by atoms with Gasteiger partial charge in [-0.05, 0) is 12.8 Å². The van der Waals surface area contributed by atoms with E-state index in [2.05, 4.69) is 0 Å². The van der Waals surface area contributed by atoms with E-state index in [4.69, 9.17) is 11.6 Å². The van der Waals surface area contributed by atoms with E-state index in [1.54, 1.807) is 9.80 Å². The first-order chi connectivity index (χ1) is 7.08. The Bertz CT molecular complexity index is 258. The van der Waals surface area contributed by atoms with E-state index < -0.39 is 0 Å². The van der Waals surface area contributed by atoms with Crippen LogP contribution in [-0.2, 0) is 9.59 Å². The van der Waals surface area contributed by atoms with Gasteiger partial charge in [-0.15, -0.1) is 11.6 Å². The van der Waals surface area contributed by atoms with Gasteiger partial charge in [0.2, 0.25) is 11.8 Å². The molecule has 1 rings (SSSR count). The van der Waals surface area contributed by atoms with Gasteiger partial charge in [-0.2, -0.15) is 0 Å². The molecule has 0 spiro atoms. The van der Waals surface area contributed by atoms with E-state index in [0.717, 1.165) is 0 Å². The van der Waals surface area contributed by atoms with Crippen molar-refractivity contribution in [1.29, 1.82) is 0 Å². The highest BCUT2D eigenvalue weighted by molar-refractivity contribution is 6.18. The molecule has 0 aliphatic carbocycles. The molecule has 0 aromatic rings. The van der Waals surface area contributed by atoms with Gasteiger partial charge in [0.25, 0.3) is 0 Å². The molecule has 86 valence electrons. The third-order valence-electron chi connectivity index (χ3n) is 2.53. The molecule has 1 heterocycles. The van der Waals surface area contributed by atoms with Gasteiger partial charge in [0, 0.05) is 19.0 Å². The number of alkyl halides is 1. The van der Waals surface area contributed by atoms with E-state index in [1.165, 1.54) is 0 Å². The van der Waals surface area contributed by atoms with Crippen LogP contribution in [0.1, 0.15) is 13.8 Å². The van der Waals surface area contributed by atoms with Gasteiger partial charge >= 0.3 is 0 Å². The summed E-state index contributed by atoms with van der Waals surface area (Å²) in [5.41, 5.74) is 0. The highest BCUT2D eigenvalue weighted by Crippen LogP contribution is 2.08. The number of nitrogens with zero attached hydrogens (tertiary/aromatic N) is 2. The number of hydrogen-bond acceptors (Lipinski definition) is 2. The first-order valence-electron chi connectivity index (χ1n) is 5.20. The summed E-state index contributed by atoms with van der Waals surface area (Å²) in [5, 5.41) is 0. The SMILES string of the molecule is CCN1CC(=O)N(CC(C)CCl)CC1=O. The quantitative estimate of drug-likeness (QED) is 0.665. The van der Waals surface area contributed by atoms with Crippen LogP contribution in [0.3, 0.4) is 0 Å². The number of carbonyl (C=O) groups excluding carboxylic acids is 2. The second-order valence-electron chi connectivity index (χ2n) is 3.94. The molecule has 1 saturated heterocycles. The Kier molecular flexibility index (Phi) is 4.39. The highest BCUT2D eigenvalue weighted by Gasteiger charge is 2.29. The average Bonchev–Trinajstić information content (AvgIpc) is 2.22. The summed E-state index contributed by atoms with van der Waals surface area (Å²) in [6.45, 7) is 5.44. The Balaban J connectivity index is 2.55. The van der Waals surface area contributed by atoms with Crippen molar-refractivity contribution >= 4 is 23.4 Å². The third kappa shape index (κ3) is 3.09. The number of hydrogen-bond donors (Lipinski definition) is 0. The summed E-state index contributed by atoms with van der Waals surface area (Å²) in [4.78, 5) is 26.4. The van der Waals surface area contributed by atoms with Crippen LogP contribution in [0.2, 0.25) is 0 Å². The van der Waals surface area contributed by atoms with Crippen LogP contribution in [-0.4, -0.2) is 53.7 Å². The number of piperazine rings is 1. The molecule has 2 amide bonds. The van der Waals surface area contributed by atoms with E-state index in [1.807, 2.05) is 13.8 Å². The maximum Gasteiger partial charge on any atom is 0.242 e. The van der Waals surface area contributed by atoms with E-state index in [9.17, 15) is 9.59 Å². The van der Waals surface area contributed by atoms with Crippen LogP contribution in [0.25, 0.3) is 0 Å². The van der Waals surface area contributed by atoms with Crippen molar-refractivity contribution in [2.24, 2.45) is 5.92 Å². The smallest absolute Gasteiger partial charge is 0.242 e. The molecular weight excluding hydrogens is 216 g/mol. The fourth-order valence-corrected chi connectivity index (χ4v) is 1.68. The lowest BCUT2D eigenvalue weighted by molar-refractivity contribution is -0.150. The van der Waals surface area contributed by atoms with Crippen molar-refractivity contribution in [3.63, 3.8) is 0 Å². The molecule has 0 saturated carbocycles. The van der Waals surface area contributed by atoms with Crippen molar-refractivity contribution in [2.45, 2.75) is 13.8 Å². The summed E-state index contributed by atoms with van der Waals surface area (Å²) in [7, 11) is 0. The number of halogens is 1. The second-order valence-corrected chi connectivity index (χ2v) is 4.25. The van der Waals surface area contributed by atoms with Gasteiger partial charge in [0.1, 0.15) is 0 Å². The molecule has 1 atom stereocenters. The fraction of sp³-hybridized carbons (Fsp3) is 0.800. The predicted molar refractivity (Wildman–Crippen MR) is 58.7 cm³/mol. The standard InChI is InChI=1S/C10H17ClN2O2/c1-3-12-6-10(15)13(7-9(12)14)5-8(2)4-11/h8H,3-7H2,1-2H3. The Morgan fingerprint density at radius 3 is 2.33 bits per heavy atom. The minimum atomic E-state index is 0.0217. The second kappa shape index (κ2) is 5.35. The Hall–Kier alpha value is -0.770. The molecule has 0 aromatic carbocycles. The lowest BCUT2D eigenvalue weighted by Crippen LogP contribution is -2.54. The summed E-state index contributed by atoms with van der Waals surface area (Å²) in [6.07, 6.45) is 0. The van der Waals surface area contributed by atoms with Crippen molar-refractivity contribution in [3.05, 3.63) is 0 Å². The molecule has 1 fully saturated rings. The predicted octanol–water partition coefficient (Wildman–Crippen LogP) is 0.552. The highest BCUT2D eigenvalue weighted by atomic mass is 35.5. The van der Waals surface area contributed by atoms with Crippen LogP contribution < -0.4 is 0 Å². The van der Waals surface area contributed by atoms with Gasteiger partial charge in [-0.3, -0.25) is 9.59 Å². The molecule has 0 bridgehead atoms. The van der Waals surface area contributed by atoms with Gasteiger partial charge in [-0.1, -0.05) is 6.92 Å². The average molecular weight is 233 g/mol. The summed E-state index contributed by atoms with van der Waals surface area (Å²) in [5.74, 6) is 0.791. The molecule has 1 unspecified atom stereocenters. The van der Waals surface area contributed by atoms with E-state index in [0.29, 0.717) is 19.0 Å². The maximum absolute atomic E-state index is 11.6. The van der Waals surface area contributed by atoms with E-state index in [-0.39, 0.29) is 30.8 Å². The van der Waals surface area contributed by atoms with Crippen LogP contribution >= 0.6 is 11.6 Å². The Morgan fingerprint density at radius 1 is 1.27 bits per heavy atom. The Morgan fingerprint density at radius 2 is 1.80 bits per heavy atom. The lowest BCUT2D eigenvalue weighted by atomic mass is 10.2. The topological polar surface area (TPSA) is 40.6 Å². The molecule has 4 nitrogen and oxygen atoms in total. The minimum absolute atomic E-state index is 0.0217. The van der Waals surface area contributed by atoms with Crippen molar-refractivity contribution in [2.75, 3.05) is 32.1 Å². The first-order valence-corrected chi connectivity index (χ1v) is 5.73. The van der Waals surface area contributed by atoms with Gasteiger partial charge < -0.3 is 9.80 Å². The molecular formula is C10H17ClN2O2. The zero-order valence-corrected chi connectivity index (χ0v) is 9.96. The van der Waals surface area contributed by atoms with Crippen molar-refractivity contribution in [1.82, 2.24) is 9.80 Å². The van der Waals surface area contributed by atoms with E-state index >= 15 is 0 Å². The van der Waals surface area contributed by atoms with Gasteiger partial charge in [0.05, 0.1) is 13.1 Å². The molecule has 5 heteroatoms. The molecule has 1 aliphatic rings. The van der Waals surface area contributed by atoms with Crippen molar-refractivity contribution in [3.8, 4) is 0 Å². The Labute approximate surface area is 95.2 Å². The van der Waals surface area contributed by atoms with Crippen LogP contribution in [0.4, 0.5) is 0 Å². The lowest BCUT2D eigenvalue weighted by Gasteiger charge is -2.34. The normalized spacial score (nSPS) is 19.7. The van der Waals surface area contributed by atoms with Crippen molar-refractivity contribution < 1.29 is 9.59 Å².